The highest BCUT2D eigenvalue weighted by Gasteiger charge is 2.33. The first-order valence-corrected chi connectivity index (χ1v) is 8.30. The highest BCUT2D eigenvalue weighted by atomic mass is 35.5. The molecule has 4 nitrogen and oxygen atoms in total. The van der Waals surface area contributed by atoms with Gasteiger partial charge in [0.25, 0.3) is 0 Å². The normalized spacial score (nSPS) is 16.9. The van der Waals surface area contributed by atoms with Crippen LogP contribution in [0.5, 0.6) is 5.75 Å². The van der Waals surface area contributed by atoms with Gasteiger partial charge in [0, 0.05) is 23.4 Å². The van der Waals surface area contributed by atoms with Crippen molar-refractivity contribution >= 4 is 23.2 Å². The number of hydrogen-bond donors (Lipinski definition) is 0. The van der Waals surface area contributed by atoms with E-state index in [4.69, 9.17) is 16.3 Å². The van der Waals surface area contributed by atoms with Gasteiger partial charge in [-0.3, -0.25) is 4.79 Å². The van der Waals surface area contributed by atoms with Crippen LogP contribution >= 0.6 is 11.6 Å². The van der Waals surface area contributed by atoms with E-state index in [1.165, 1.54) is 0 Å². The van der Waals surface area contributed by atoms with Gasteiger partial charge >= 0.3 is 0 Å². The van der Waals surface area contributed by atoms with Gasteiger partial charge in [0.05, 0.1) is 18.9 Å². The van der Waals surface area contributed by atoms with Crippen LogP contribution in [-0.4, -0.2) is 23.7 Å². The number of benzene rings is 2. The average molecular weight is 343 g/mol. The monoisotopic (exact) mass is 342 g/mol. The Labute approximate surface area is 146 Å². The lowest BCUT2D eigenvalue weighted by atomic mass is 9.98. The number of carbonyl (C=O) groups is 1. The Morgan fingerprint density at radius 1 is 1.29 bits per heavy atom. The van der Waals surface area contributed by atoms with Crippen molar-refractivity contribution < 1.29 is 9.53 Å². The van der Waals surface area contributed by atoms with E-state index < -0.39 is 0 Å². The summed E-state index contributed by atoms with van der Waals surface area (Å²) in [4.78, 5) is 12.4. The van der Waals surface area contributed by atoms with E-state index in [2.05, 4.69) is 5.10 Å². The zero-order valence-corrected chi connectivity index (χ0v) is 14.5. The van der Waals surface area contributed by atoms with Gasteiger partial charge in [-0.1, -0.05) is 48.9 Å². The summed E-state index contributed by atoms with van der Waals surface area (Å²) in [5.74, 6) is 0.757. The fourth-order valence-corrected chi connectivity index (χ4v) is 3.11. The van der Waals surface area contributed by atoms with E-state index in [1.54, 1.807) is 12.1 Å². The highest BCUT2D eigenvalue weighted by molar-refractivity contribution is 6.34. The molecule has 0 fully saturated rings. The van der Waals surface area contributed by atoms with Crippen LogP contribution in [0.25, 0.3) is 0 Å². The maximum absolute atomic E-state index is 12.4. The lowest BCUT2D eigenvalue weighted by Gasteiger charge is -2.21. The molecule has 1 aliphatic heterocycles. The maximum atomic E-state index is 12.4. The minimum absolute atomic E-state index is 0.00938. The van der Waals surface area contributed by atoms with Crippen LogP contribution < -0.4 is 4.74 Å². The molecule has 0 saturated carbocycles. The molecule has 124 valence electrons. The molecule has 2 aromatic carbocycles. The van der Waals surface area contributed by atoms with Gasteiger partial charge in [-0.25, -0.2) is 5.01 Å². The molecule has 0 aliphatic carbocycles. The summed E-state index contributed by atoms with van der Waals surface area (Å²) in [6, 6.07) is 15.2. The Kier molecular flexibility index (Phi) is 4.86. The summed E-state index contributed by atoms with van der Waals surface area (Å²) >= 11 is 6.30. The molecule has 0 aromatic heterocycles. The van der Waals surface area contributed by atoms with Crippen LogP contribution in [0.1, 0.15) is 36.9 Å². The molecule has 24 heavy (non-hydrogen) atoms. The summed E-state index contributed by atoms with van der Waals surface area (Å²) in [5, 5.41) is 6.80. The standard InChI is InChI=1S/C19H19ClN2O2/c1-3-19(23)22-18(13-7-6-8-14(11-13)24-2)12-17(21-22)15-9-4-5-10-16(15)20/h4-11,18H,3,12H2,1-2H3/t18-/m0/s1. The third-order valence-corrected chi connectivity index (χ3v) is 4.46. The predicted molar refractivity (Wildman–Crippen MR) is 95.5 cm³/mol. The lowest BCUT2D eigenvalue weighted by Crippen LogP contribution is -2.26. The van der Waals surface area contributed by atoms with Crippen LogP contribution in [0.15, 0.2) is 53.6 Å². The number of carbonyl (C=O) groups excluding carboxylic acids is 1. The second kappa shape index (κ2) is 7.05. The molecule has 1 heterocycles. The summed E-state index contributed by atoms with van der Waals surface area (Å²) in [7, 11) is 1.63. The second-order valence-corrected chi connectivity index (χ2v) is 6.02. The smallest absolute Gasteiger partial charge is 0.242 e. The minimum Gasteiger partial charge on any atom is -0.497 e. The molecule has 0 N–H and O–H groups in total. The van der Waals surface area contributed by atoms with Crippen molar-refractivity contribution in [2.45, 2.75) is 25.8 Å². The molecule has 3 rings (SSSR count). The van der Waals surface area contributed by atoms with Crippen molar-refractivity contribution in [3.63, 3.8) is 0 Å². The largest absolute Gasteiger partial charge is 0.497 e. The van der Waals surface area contributed by atoms with Gasteiger partial charge in [0.15, 0.2) is 0 Å². The van der Waals surface area contributed by atoms with Crippen molar-refractivity contribution in [2.75, 3.05) is 7.11 Å². The quantitative estimate of drug-likeness (QED) is 0.824. The van der Waals surface area contributed by atoms with Gasteiger partial charge in [-0.15, -0.1) is 0 Å². The van der Waals surface area contributed by atoms with Crippen LogP contribution in [-0.2, 0) is 4.79 Å². The number of amides is 1. The van der Waals surface area contributed by atoms with Gasteiger partial charge < -0.3 is 4.74 Å². The zero-order valence-electron chi connectivity index (χ0n) is 13.7. The molecule has 5 heteroatoms. The lowest BCUT2D eigenvalue weighted by molar-refractivity contribution is -0.132. The van der Waals surface area contributed by atoms with Crippen molar-refractivity contribution in [3.05, 3.63) is 64.7 Å². The van der Waals surface area contributed by atoms with E-state index >= 15 is 0 Å². The van der Waals surface area contributed by atoms with E-state index in [0.29, 0.717) is 17.9 Å². The third kappa shape index (κ3) is 3.15. The molecule has 2 aromatic rings. The first-order valence-electron chi connectivity index (χ1n) is 7.92. The molecule has 0 spiro atoms. The molecule has 0 saturated heterocycles. The Morgan fingerprint density at radius 3 is 2.79 bits per heavy atom. The van der Waals surface area contributed by atoms with Crippen LogP contribution in [0, 0.1) is 0 Å². The predicted octanol–water partition coefficient (Wildman–Crippen LogP) is 4.44. The second-order valence-electron chi connectivity index (χ2n) is 5.61. The summed E-state index contributed by atoms with van der Waals surface area (Å²) in [5.41, 5.74) is 2.70. The number of methoxy groups -OCH3 is 1. The van der Waals surface area contributed by atoms with Gasteiger partial charge in [0.2, 0.25) is 5.91 Å². The number of hydrogen-bond acceptors (Lipinski definition) is 3. The highest BCUT2D eigenvalue weighted by Crippen LogP contribution is 2.35. The minimum atomic E-state index is -0.140. The fraction of sp³-hybridized carbons (Fsp3) is 0.263. The third-order valence-electron chi connectivity index (χ3n) is 4.13. The van der Waals surface area contributed by atoms with E-state index in [-0.39, 0.29) is 11.9 Å². The molecule has 1 atom stereocenters. The van der Waals surface area contributed by atoms with E-state index in [1.807, 2.05) is 55.5 Å². The number of nitrogens with zero attached hydrogens (tertiary/aromatic N) is 2. The van der Waals surface area contributed by atoms with Crippen LogP contribution in [0.2, 0.25) is 5.02 Å². The number of rotatable bonds is 4. The Morgan fingerprint density at radius 2 is 2.08 bits per heavy atom. The number of halogens is 1. The van der Waals surface area contributed by atoms with Gasteiger partial charge in [-0.2, -0.15) is 5.10 Å². The van der Waals surface area contributed by atoms with Gasteiger partial charge in [0.1, 0.15) is 5.75 Å². The summed E-state index contributed by atoms with van der Waals surface area (Å²) in [6.45, 7) is 1.84. The molecule has 0 unspecified atom stereocenters. The fourth-order valence-electron chi connectivity index (χ4n) is 2.87. The van der Waals surface area contributed by atoms with Crippen molar-refractivity contribution in [3.8, 4) is 5.75 Å². The maximum Gasteiger partial charge on any atom is 0.242 e. The first kappa shape index (κ1) is 16.5. The molecule has 1 amide bonds. The summed E-state index contributed by atoms with van der Waals surface area (Å²) < 4.78 is 5.31. The van der Waals surface area contributed by atoms with Crippen LogP contribution in [0.4, 0.5) is 0 Å². The van der Waals surface area contributed by atoms with Gasteiger partial charge in [-0.05, 0) is 23.8 Å². The van der Waals surface area contributed by atoms with E-state index in [0.717, 1.165) is 22.6 Å². The Hall–Kier alpha value is -2.33. The molecule has 1 aliphatic rings. The average Bonchev–Trinajstić information content (AvgIpc) is 3.06. The SMILES string of the molecule is CCC(=O)N1N=C(c2ccccc2Cl)C[C@H]1c1cccc(OC)c1. The zero-order chi connectivity index (χ0) is 17.1. The summed E-state index contributed by atoms with van der Waals surface area (Å²) in [6.07, 6.45) is 1.03. The van der Waals surface area contributed by atoms with Crippen molar-refractivity contribution in [1.29, 1.82) is 0 Å². The van der Waals surface area contributed by atoms with Crippen molar-refractivity contribution in [1.82, 2.24) is 5.01 Å². The molecule has 0 bridgehead atoms. The number of ether oxygens (including phenoxy) is 1. The first-order chi connectivity index (χ1) is 11.6. The van der Waals surface area contributed by atoms with E-state index in [9.17, 15) is 4.79 Å². The van der Waals surface area contributed by atoms with Crippen LogP contribution in [0.3, 0.4) is 0 Å². The van der Waals surface area contributed by atoms with Crippen molar-refractivity contribution in [2.24, 2.45) is 5.10 Å². The Bertz CT molecular complexity index is 788. The Balaban J connectivity index is 1.98. The molecular weight excluding hydrogens is 324 g/mol. The molecule has 0 radical (unpaired) electrons. The number of hydrazone groups is 1. The topological polar surface area (TPSA) is 41.9 Å². The molecular formula is C19H19ClN2O2.